The molecule has 0 aliphatic carbocycles. The van der Waals surface area contributed by atoms with Gasteiger partial charge in [0.1, 0.15) is 5.82 Å². The first-order valence-electron chi connectivity index (χ1n) is 2.90. The van der Waals surface area contributed by atoms with Crippen LogP contribution in [-0.2, 0) is 0 Å². The molecule has 0 aliphatic rings. The van der Waals surface area contributed by atoms with Crippen LogP contribution in [0.4, 0.5) is 5.82 Å². The summed E-state index contributed by atoms with van der Waals surface area (Å²) >= 11 is 0. The van der Waals surface area contributed by atoms with Gasteiger partial charge in [0.05, 0.1) is 0 Å². The maximum Gasteiger partial charge on any atom is 0.346 e. The van der Waals surface area contributed by atoms with Crippen LogP contribution in [0.1, 0.15) is 5.56 Å². The zero-order chi connectivity index (χ0) is 8.27. The molecule has 0 saturated heterocycles. The molecule has 0 spiro atoms. The average molecular weight is 153 g/mol. The van der Waals surface area contributed by atoms with Crippen LogP contribution in [0, 0.1) is 0 Å². The van der Waals surface area contributed by atoms with Crippen LogP contribution < -0.4 is 11.2 Å². The summed E-state index contributed by atoms with van der Waals surface area (Å²) in [6, 6.07) is 0. The number of hydrogen-bond acceptors (Lipinski definition) is 4. The van der Waals surface area contributed by atoms with Gasteiger partial charge in [0.2, 0.25) is 0 Å². The quantitative estimate of drug-likeness (QED) is 0.531. The number of rotatable bonds is 2. The Balaban J connectivity index is 3.27. The Kier molecular flexibility index (Phi) is 2.03. The summed E-state index contributed by atoms with van der Waals surface area (Å²) in [4.78, 5) is 16.3. The fourth-order valence-corrected chi connectivity index (χ4v) is 0.651. The Hall–Kier alpha value is -1.62. The van der Waals surface area contributed by atoms with Crippen molar-refractivity contribution in [3.05, 3.63) is 28.8 Å². The van der Waals surface area contributed by atoms with Crippen LogP contribution >= 0.6 is 0 Å². The molecule has 1 rings (SSSR count). The highest BCUT2D eigenvalue weighted by molar-refractivity contribution is 5.59. The van der Waals surface area contributed by atoms with Gasteiger partial charge in [-0.2, -0.15) is 0 Å². The average Bonchev–Trinajstić information content (AvgIpc) is 2.04. The van der Waals surface area contributed by atoms with Gasteiger partial charge < -0.3 is 0 Å². The van der Waals surface area contributed by atoms with E-state index in [2.05, 4.69) is 16.5 Å². The fraction of sp³-hybridized carbons (Fsp3) is 0. The maximum atomic E-state index is 10.6. The first kappa shape index (κ1) is 7.49. The Morgan fingerprint density at radius 1 is 1.82 bits per heavy atom. The second kappa shape index (κ2) is 2.98. The van der Waals surface area contributed by atoms with Crippen molar-refractivity contribution in [1.29, 1.82) is 0 Å². The molecule has 5 nitrogen and oxygen atoms in total. The van der Waals surface area contributed by atoms with E-state index in [1.165, 1.54) is 12.3 Å². The number of anilines is 1. The Labute approximate surface area is 62.4 Å². The van der Waals surface area contributed by atoms with Crippen molar-refractivity contribution in [3.8, 4) is 0 Å². The van der Waals surface area contributed by atoms with E-state index < -0.39 is 5.69 Å². The smallest absolute Gasteiger partial charge is 0.290 e. The predicted molar refractivity (Wildman–Crippen MR) is 40.4 cm³/mol. The summed E-state index contributed by atoms with van der Waals surface area (Å²) in [5, 5.41) is 8.48. The normalized spacial score (nSPS) is 9.18. The second-order valence-electron chi connectivity index (χ2n) is 1.83. The van der Waals surface area contributed by atoms with E-state index in [1.54, 1.807) is 0 Å². The largest absolute Gasteiger partial charge is 0.346 e. The first-order valence-corrected chi connectivity index (χ1v) is 2.90. The number of aromatic amines is 1. The number of nitrogens with zero attached hydrogens (tertiary/aromatic N) is 1. The minimum Gasteiger partial charge on any atom is -0.290 e. The van der Waals surface area contributed by atoms with Crippen molar-refractivity contribution in [2.24, 2.45) is 0 Å². The topological polar surface area (TPSA) is 78.0 Å². The number of H-pyrrole nitrogens is 1. The van der Waals surface area contributed by atoms with Gasteiger partial charge in [-0.1, -0.05) is 12.7 Å². The monoisotopic (exact) mass is 153 g/mol. The molecule has 1 heterocycles. The van der Waals surface area contributed by atoms with Crippen molar-refractivity contribution in [2.45, 2.75) is 0 Å². The molecule has 0 amide bonds. The summed E-state index contributed by atoms with van der Waals surface area (Å²) in [6.07, 6.45) is 2.77. The van der Waals surface area contributed by atoms with E-state index in [9.17, 15) is 4.79 Å². The minimum absolute atomic E-state index is 0.194. The maximum absolute atomic E-state index is 10.6. The summed E-state index contributed by atoms with van der Waals surface area (Å²) in [5.41, 5.74) is 1.83. The van der Waals surface area contributed by atoms with Crippen molar-refractivity contribution in [1.82, 2.24) is 9.97 Å². The Bertz CT molecular complexity index is 318. The van der Waals surface area contributed by atoms with Gasteiger partial charge in [-0.25, -0.2) is 9.78 Å². The SMILES string of the molecule is C=Cc1cnc(=O)[nH]c1NO. The third-order valence-electron chi connectivity index (χ3n) is 1.17. The van der Waals surface area contributed by atoms with E-state index in [0.717, 1.165) is 0 Å². The molecule has 1 aromatic heterocycles. The van der Waals surface area contributed by atoms with Gasteiger partial charge in [0, 0.05) is 11.8 Å². The minimum atomic E-state index is -0.521. The summed E-state index contributed by atoms with van der Waals surface area (Å²) in [6.45, 7) is 3.46. The molecule has 3 N–H and O–H groups in total. The highest BCUT2D eigenvalue weighted by Gasteiger charge is 1.97. The molecule has 0 bridgehead atoms. The summed E-state index contributed by atoms with van der Waals surface area (Å²) in [5.74, 6) is 0.194. The molecule has 1 aromatic rings. The Morgan fingerprint density at radius 2 is 2.55 bits per heavy atom. The lowest BCUT2D eigenvalue weighted by Gasteiger charge is -2.00. The molecular weight excluding hydrogens is 146 g/mol. The molecule has 0 fully saturated rings. The van der Waals surface area contributed by atoms with E-state index in [1.807, 2.05) is 5.48 Å². The van der Waals surface area contributed by atoms with Gasteiger partial charge in [0.25, 0.3) is 0 Å². The molecule has 5 heteroatoms. The molecule has 0 saturated carbocycles. The molecule has 0 radical (unpaired) electrons. The van der Waals surface area contributed by atoms with E-state index in [4.69, 9.17) is 5.21 Å². The van der Waals surface area contributed by atoms with Gasteiger partial charge in [-0.3, -0.25) is 15.7 Å². The molecule has 0 aromatic carbocycles. The standard InChI is InChI=1S/C6H7N3O2/c1-2-4-3-7-6(10)8-5(4)9-11/h2-3,11H,1H2,(H2,7,8,9,10). The van der Waals surface area contributed by atoms with Crippen LogP contribution in [0.2, 0.25) is 0 Å². The molecule has 11 heavy (non-hydrogen) atoms. The van der Waals surface area contributed by atoms with E-state index >= 15 is 0 Å². The molecule has 0 aliphatic heterocycles. The fourth-order valence-electron chi connectivity index (χ4n) is 0.651. The third-order valence-corrected chi connectivity index (χ3v) is 1.17. The lowest BCUT2D eigenvalue weighted by atomic mass is 10.3. The first-order chi connectivity index (χ1) is 5.27. The highest BCUT2D eigenvalue weighted by atomic mass is 16.5. The second-order valence-corrected chi connectivity index (χ2v) is 1.83. The van der Waals surface area contributed by atoms with Gasteiger partial charge in [-0.05, 0) is 0 Å². The van der Waals surface area contributed by atoms with Gasteiger partial charge in [0.15, 0.2) is 0 Å². The van der Waals surface area contributed by atoms with Crippen LogP contribution in [0.3, 0.4) is 0 Å². The summed E-state index contributed by atoms with van der Waals surface area (Å²) < 4.78 is 0. The van der Waals surface area contributed by atoms with Crippen molar-refractivity contribution in [3.63, 3.8) is 0 Å². The van der Waals surface area contributed by atoms with Gasteiger partial charge in [-0.15, -0.1) is 0 Å². The van der Waals surface area contributed by atoms with Gasteiger partial charge >= 0.3 is 5.69 Å². The number of hydrogen-bond donors (Lipinski definition) is 3. The van der Waals surface area contributed by atoms with Crippen molar-refractivity contribution >= 4 is 11.9 Å². The molecule has 0 atom stereocenters. The van der Waals surface area contributed by atoms with Crippen LogP contribution in [0.5, 0.6) is 0 Å². The predicted octanol–water partition coefficient (Wildman–Crippen LogP) is 0.214. The molecule has 0 unspecified atom stereocenters. The zero-order valence-electron chi connectivity index (χ0n) is 5.66. The van der Waals surface area contributed by atoms with Crippen molar-refractivity contribution < 1.29 is 5.21 Å². The van der Waals surface area contributed by atoms with Crippen LogP contribution in [0.15, 0.2) is 17.6 Å². The third kappa shape index (κ3) is 1.44. The molecule has 58 valence electrons. The molecular formula is C6H7N3O2. The van der Waals surface area contributed by atoms with Crippen molar-refractivity contribution in [2.75, 3.05) is 5.48 Å². The van der Waals surface area contributed by atoms with Crippen LogP contribution in [-0.4, -0.2) is 15.2 Å². The Morgan fingerprint density at radius 3 is 3.09 bits per heavy atom. The van der Waals surface area contributed by atoms with Crippen LogP contribution in [0.25, 0.3) is 6.08 Å². The number of aromatic nitrogens is 2. The summed E-state index contributed by atoms with van der Waals surface area (Å²) in [7, 11) is 0. The zero-order valence-corrected chi connectivity index (χ0v) is 5.66. The lowest BCUT2D eigenvalue weighted by Crippen LogP contribution is -2.12. The van der Waals surface area contributed by atoms with E-state index in [0.29, 0.717) is 5.56 Å². The van der Waals surface area contributed by atoms with E-state index in [-0.39, 0.29) is 5.82 Å². The highest BCUT2D eigenvalue weighted by Crippen LogP contribution is 2.07. The lowest BCUT2D eigenvalue weighted by molar-refractivity contribution is 0.385. The number of nitrogens with one attached hydrogen (secondary N) is 2.